The van der Waals surface area contributed by atoms with Crippen LogP contribution in [0.25, 0.3) is 0 Å². The lowest BCUT2D eigenvalue weighted by Crippen LogP contribution is -2.37. The van der Waals surface area contributed by atoms with Crippen molar-refractivity contribution >= 4 is 33.0 Å². The van der Waals surface area contributed by atoms with Crippen LogP contribution in [0.4, 0.5) is 17.1 Å². The van der Waals surface area contributed by atoms with Gasteiger partial charge in [-0.05, 0) is 24.3 Å². The summed E-state index contributed by atoms with van der Waals surface area (Å²) in [6.07, 6.45) is 0. The number of hydrogen-bond acceptors (Lipinski definition) is 8. The summed E-state index contributed by atoms with van der Waals surface area (Å²) >= 11 is 0. The minimum absolute atomic E-state index is 0.00985. The van der Waals surface area contributed by atoms with Crippen molar-refractivity contribution in [3.05, 3.63) is 52.1 Å². The Hall–Kier alpha value is -3.22. The standard InChI is InChI=1S/C22H28N4O7S/c1-4-25(5-2)34(30,31)17-7-8-20(24-10-12-33-13-11-24)18(15-17)22(27)23-19-14-16(26(28)29)6-9-21(19)32-3/h6-9,14-15H,4-5,10-13H2,1-3H3,(H,23,27). The van der Waals surface area contributed by atoms with E-state index in [0.29, 0.717) is 32.0 Å². The van der Waals surface area contributed by atoms with Crippen LogP contribution >= 0.6 is 0 Å². The van der Waals surface area contributed by atoms with Crippen LogP contribution in [0.2, 0.25) is 0 Å². The highest BCUT2D eigenvalue weighted by molar-refractivity contribution is 7.89. The third kappa shape index (κ3) is 5.29. The van der Waals surface area contributed by atoms with Gasteiger partial charge < -0.3 is 19.7 Å². The van der Waals surface area contributed by atoms with E-state index >= 15 is 0 Å². The molecule has 2 aromatic carbocycles. The normalized spacial score (nSPS) is 14.2. The molecule has 0 aromatic heterocycles. The summed E-state index contributed by atoms with van der Waals surface area (Å²) in [7, 11) is -2.43. The Balaban J connectivity index is 2.07. The van der Waals surface area contributed by atoms with Gasteiger partial charge in [0.1, 0.15) is 5.75 Å². The molecule has 1 heterocycles. The van der Waals surface area contributed by atoms with Gasteiger partial charge in [0.05, 0.1) is 41.4 Å². The summed E-state index contributed by atoms with van der Waals surface area (Å²) in [5, 5.41) is 13.9. The van der Waals surface area contributed by atoms with Crippen LogP contribution < -0.4 is 15.0 Å². The number of nitrogens with zero attached hydrogens (tertiary/aromatic N) is 3. The van der Waals surface area contributed by atoms with E-state index in [-0.39, 0.29) is 40.7 Å². The van der Waals surface area contributed by atoms with Gasteiger partial charge >= 0.3 is 0 Å². The number of sulfonamides is 1. The van der Waals surface area contributed by atoms with Gasteiger partial charge in [-0.3, -0.25) is 14.9 Å². The van der Waals surface area contributed by atoms with Gasteiger partial charge in [-0.15, -0.1) is 0 Å². The number of hydrogen-bond donors (Lipinski definition) is 1. The number of anilines is 2. The first kappa shape index (κ1) is 25.4. The zero-order chi connectivity index (χ0) is 24.9. The Labute approximate surface area is 198 Å². The minimum atomic E-state index is -3.81. The van der Waals surface area contributed by atoms with E-state index in [9.17, 15) is 23.3 Å². The molecule has 0 saturated carbocycles. The highest BCUT2D eigenvalue weighted by Crippen LogP contribution is 2.32. The maximum atomic E-state index is 13.4. The quantitative estimate of drug-likeness (QED) is 0.418. The third-order valence-corrected chi connectivity index (χ3v) is 7.60. The van der Waals surface area contributed by atoms with Crippen molar-refractivity contribution in [1.82, 2.24) is 4.31 Å². The average Bonchev–Trinajstić information content (AvgIpc) is 2.84. The molecule has 12 heteroatoms. The van der Waals surface area contributed by atoms with Crippen LogP contribution in [0, 0.1) is 10.1 Å². The van der Waals surface area contributed by atoms with Crippen molar-refractivity contribution in [2.45, 2.75) is 18.7 Å². The van der Waals surface area contributed by atoms with E-state index < -0.39 is 20.9 Å². The molecule has 0 unspecified atom stereocenters. The number of nitro groups is 1. The number of nitrogens with one attached hydrogen (secondary N) is 1. The lowest BCUT2D eigenvalue weighted by Gasteiger charge is -2.30. The summed E-state index contributed by atoms with van der Waals surface area (Å²) in [6.45, 7) is 6.06. The highest BCUT2D eigenvalue weighted by atomic mass is 32.2. The van der Waals surface area contributed by atoms with Gasteiger partial charge in [-0.1, -0.05) is 13.8 Å². The zero-order valence-electron chi connectivity index (χ0n) is 19.3. The number of methoxy groups -OCH3 is 1. The number of carbonyl (C=O) groups is 1. The molecule has 11 nitrogen and oxygen atoms in total. The predicted molar refractivity (Wildman–Crippen MR) is 127 cm³/mol. The summed E-state index contributed by atoms with van der Waals surface area (Å²) in [5.74, 6) is -0.379. The Morgan fingerprint density at radius 3 is 2.44 bits per heavy atom. The van der Waals surface area contributed by atoms with E-state index in [1.54, 1.807) is 19.9 Å². The lowest BCUT2D eigenvalue weighted by atomic mass is 10.1. The Morgan fingerprint density at radius 2 is 1.85 bits per heavy atom. The van der Waals surface area contributed by atoms with Crippen molar-refractivity contribution in [3.63, 3.8) is 0 Å². The molecule has 1 aliphatic heterocycles. The van der Waals surface area contributed by atoms with E-state index in [1.165, 1.54) is 41.7 Å². The monoisotopic (exact) mass is 492 g/mol. The molecule has 1 aliphatic rings. The second-order valence-electron chi connectivity index (χ2n) is 7.46. The van der Waals surface area contributed by atoms with Crippen LogP contribution in [0.3, 0.4) is 0 Å². The van der Waals surface area contributed by atoms with E-state index in [2.05, 4.69) is 5.32 Å². The Kier molecular flexibility index (Phi) is 8.07. The summed E-state index contributed by atoms with van der Waals surface area (Å²) in [5.41, 5.74) is 0.557. The number of rotatable bonds is 9. The summed E-state index contributed by atoms with van der Waals surface area (Å²) < 4.78 is 38.1. The SMILES string of the molecule is CCN(CC)S(=O)(=O)c1ccc(N2CCOCC2)c(C(=O)Nc2cc([N+](=O)[O-])ccc2OC)c1. The molecule has 0 spiro atoms. The van der Waals surface area contributed by atoms with Crippen molar-refractivity contribution in [2.24, 2.45) is 0 Å². The van der Waals surface area contributed by atoms with Crippen LogP contribution in [-0.2, 0) is 14.8 Å². The molecule has 0 bridgehead atoms. The third-order valence-electron chi connectivity index (χ3n) is 5.55. The second kappa shape index (κ2) is 10.8. The van der Waals surface area contributed by atoms with Gasteiger partial charge in [0.2, 0.25) is 10.0 Å². The number of amides is 1. The maximum Gasteiger partial charge on any atom is 0.271 e. The van der Waals surface area contributed by atoms with Gasteiger partial charge in [-0.25, -0.2) is 8.42 Å². The molecule has 34 heavy (non-hydrogen) atoms. The number of ether oxygens (including phenoxy) is 2. The maximum absolute atomic E-state index is 13.4. The van der Waals surface area contributed by atoms with Gasteiger partial charge in [0.15, 0.2) is 0 Å². The number of carbonyl (C=O) groups excluding carboxylic acids is 1. The fourth-order valence-corrected chi connectivity index (χ4v) is 5.23. The molecule has 1 saturated heterocycles. The predicted octanol–water partition coefficient (Wildman–Crippen LogP) is 2.72. The van der Waals surface area contributed by atoms with Crippen molar-refractivity contribution in [3.8, 4) is 5.75 Å². The smallest absolute Gasteiger partial charge is 0.271 e. The topological polar surface area (TPSA) is 131 Å². The molecule has 0 radical (unpaired) electrons. The number of nitro benzene ring substituents is 1. The summed E-state index contributed by atoms with van der Waals surface area (Å²) in [4.78, 5) is 26.0. The van der Waals surface area contributed by atoms with Crippen molar-refractivity contribution in [2.75, 3.05) is 56.7 Å². The zero-order valence-corrected chi connectivity index (χ0v) is 20.1. The van der Waals surface area contributed by atoms with E-state index in [4.69, 9.17) is 9.47 Å². The molecule has 3 rings (SSSR count). The van der Waals surface area contributed by atoms with Crippen LogP contribution in [-0.4, -0.2) is 70.1 Å². The van der Waals surface area contributed by atoms with Crippen molar-refractivity contribution in [1.29, 1.82) is 0 Å². The first-order valence-electron chi connectivity index (χ1n) is 10.8. The molecule has 2 aromatic rings. The van der Waals surface area contributed by atoms with E-state index in [1.807, 2.05) is 4.90 Å². The molecular weight excluding hydrogens is 464 g/mol. The first-order valence-corrected chi connectivity index (χ1v) is 12.3. The van der Waals surface area contributed by atoms with Crippen LogP contribution in [0.15, 0.2) is 41.3 Å². The minimum Gasteiger partial charge on any atom is -0.495 e. The fourth-order valence-electron chi connectivity index (χ4n) is 3.75. The molecule has 1 N–H and O–H groups in total. The van der Waals surface area contributed by atoms with E-state index in [0.717, 1.165) is 0 Å². The average molecular weight is 493 g/mol. The molecular formula is C22H28N4O7S. The van der Waals surface area contributed by atoms with Gasteiger partial charge in [-0.2, -0.15) is 4.31 Å². The molecule has 184 valence electrons. The van der Waals surface area contributed by atoms with Crippen LogP contribution in [0.1, 0.15) is 24.2 Å². The number of morpholine rings is 1. The largest absolute Gasteiger partial charge is 0.495 e. The molecule has 0 aliphatic carbocycles. The summed E-state index contributed by atoms with van der Waals surface area (Å²) in [6, 6.07) is 8.30. The Bertz CT molecular complexity index is 1160. The van der Waals surface area contributed by atoms with Gasteiger partial charge in [0, 0.05) is 44.0 Å². The second-order valence-corrected chi connectivity index (χ2v) is 9.40. The molecule has 1 fully saturated rings. The molecule has 0 atom stereocenters. The van der Waals surface area contributed by atoms with Crippen LogP contribution in [0.5, 0.6) is 5.75 Å². The molecule has 1 amide bonds. The number of non-ortho nitro benzene ring substituents is 1. The highest BCUT2D eigenvalue weighted by Gasteiger charge is 2.27. The first-order chi connectivity index (χ1) is 16.2. The fraction of sp³-hybridized carbons (Fsp3) is 0.409. The lowest BCUT2D eigenvalue weighted by molar-refractivity contribution is -0.384. The number of benzene rings is 2. The van der Waals surface area contributed by atoms with Gasteiger partial charge in [0.25, 0.3) is 11.6 Å². The Morgan fingerprint density at radius 1 is 1.18 bits per heavy atom. The van der Waals surface area contributed by atoms with Crippen molar-refractivity contribution < 1.29 is 27.6 Å².